The highest BCUT2D eigenvalue weighted by molar-refractivity contribution is 5.77. The van der Waals surface area contributed by atoms with Crippen molar-refractivity contribution in [2.45, 2.75) is 26.4 Å². The van der Waals surface area contributed by atoms with E-state index in [1.165, 1.54) is 6.42 Å². The topological polar surface area (TPSA) is 95.6 Å². The van der Waals surface area contributed by atoms with E-state index in [9.17, 15) is 4.79 Å². The van der Waals surface area contributed by atoms with E-state index in [2.05, 4.69) is 19.2 Å². The van der Waals surface area contributed by atoms with Crippen LogP contribution >= 0.6 is 0 Å². The molecule has 0 spiro atoms. The van der Waals surface area contributed by atoms with Gasteiger partial charge in [-0.15, -0.1) is 0 Å². The third kappa shape index (κ3) is 14.2. The molecule has 0 radical (unpaired) electrons. The Kier molecular flexibility index (Phi) is 13.0. The molecule has 80 valence electrons. The second-order valence-electron chi connectivity index (χ2n) is 2.55. The van der Waals surface area contributed by atoms with Crippen LogP contribution in [-0.2, 0) is 4.79 Å². The third-order valence-corrected chi connectivity index (χ3v) is 0.931. The van der Waals surface area contributed by atoms with E-state index in [1.807, 2.05) is 0 Å². The minimum Gasteiger partial charge on any atom is -0.394 e. The Balaban J connectivity index is 0. The number of amides is 1. The molecule has 1 amide bonds. The molecule has 0 fully saturated rings. The van der Waals surface area contributed by atoms with Crippen LogP contribution in [0.25, 0.3) is 0 Å². The number of aliphatic hydroxyl groups excluding tert-OH is 2. The van der Waals surface area contributed by atoms with Crippen LogP contribution in [0.2, 0.25) is 0 Å². The van der Waals surface area contributed by atoms with Crippen LogP contribution in [0.3, 0.4) is 0 Å². The molecule has 0 aromatic carbocycles. The van der Waals surface area contributed by atoms with Gasteiger partial charge in [-0.2, -0.15) is 0 Å². The zero-order valence-electron chi connectivity index (χ0n) is 8.29. The normalized spacial score (nSPS) is 11.2. The van der Waals surface area contributed by atoms with Crippen LogP contribution in [0.1, 0.15) is 20.3 Å². The Bertz CT molecular complexity index is 120. The highest BCUT2D eigenvalue weighted by atomic mass is 16.3. The third-order valence-electron chi connectivity index (χ3n) is 0.931. The molecule has 1 atom stereocenters. The van der Waals surface area contributed by atoms with Crippen molar-refractivity contribution in [3.8, 4) is 0 Å². The van der Waals surface area contributed by atoms with Crippen molar-refractivity contribution >= 4 is 5.91 Å². The summed E-state index contributed by atoms with van der Waals surface area (Å²) in [6.07, 6.45) is 0.357. The number of carbonyl (C=O) groups excluding carboxylic acids is 1. The van der Waals surface area contributed by atoms with Gasteiger partial charge in [0.15, 0.2) is 0 Å². The molecule has 0 aromatic rings. The molecule has 0 aliphatic carbocycles. The lowest BCUT2D eigenvalue weighted by atomic mass is 10.4. The Labute approximate surface area is 78.9 Å². The van der Waals surface area contributed by atoms with Gasteiger partial charge in [0, 0.05) is 6.54 Å². The van der Waals surface area contributed by atoms with E-state index >= 15 is 0 Å². The number of rotatable bonds is 4. The second kappa shape index (κ2) is 11.4. The average Bonchev–Trinajstić information content (AvgIpc) is 2.14. The number of hydrogen-bond donors (Lipinski definition) is 4. The summed E-state index contributed by atoms with van der Waals surface area (Å²) in [6.45, 7) is 3.84. The van der Waals surface area contributed by atoms with Gasteiger partial charge in [0.05, 0.1) is 19.3 Å². The molecular weight excluding hydrogens is 172 g/mol. The monoisotopic (exact) mass is 192 g/mol. The number of carbonyl (C=O) groups is 1. The zero-order valence-corrected chi connectivity index (χ0v) is 8.29. The van der Waals surface area contributed by atoms with Gasteiger partial charge in [0.2, 0.25) is 5.91 Å². The smallest absolute Gasteiger partial charge is 0.233 e. The molecule has 1 unspecified atom stereocenters. The molecule has 0 heterocycles. The van der Waals surface area contributed by atoms with Crippen LogP contribution in [0.5, 0.6) is 0 Å². The van der Waals surface area contributed by atoms with Crippen molar-refractivity contribution in [1.82, 2.24) is 5.32 Å². The first kappa shape index (κ1) is 14.9. The maximum absolute atomic E-state index is 10.4. The van der Waals surface area contributed by atoms with Gasteiger partial charge >= 0.3 is 0 Å². The highest BCUT2D eigenvalue weighted by Crippen LogP contribution is 1.75. The van der Waals surface area contributed by atoms with Crippen LogP contribution in [0.4, 0.5) is 0 Å². The summed E-state index contributed by atoms with van der Waals surface area (Å²) in [7, 11) is 0. The molecular formula is C8H20N2O3. The van der Waals surface area contributed by atoms with Gasteiger partial charge in [-0.25, -0.2) is 0 Å². The highest BCUT2D eigenvalue weighted by Gasteiger charge is 2.02. The van der Waals surface area contributed by atoms with E-state index in [0.29, 0.717) is 0 Å². The fraction of sp³-hybridized carbons (Fsp3) is 0.875. The molecule has 0 saturated carbocycles. The predicted octanol–water partition coefficient (Wildman–Crippen LogP) is -1.17. The van der Waals surface area contributed by atoms with Gasteiger partial charge in [0.1, 0.15) is 0 Å². The quantitative estimate of drug-likeness (QED) is 0.451. The first-order valence-electron chi connectivity index (χ1n) is 4.37. The number of nitrogens with two attached hydrogens (primary N) is 1. The summed E-state index contributed by atoms with van der Waals surface area (Å²) in [5, 5.41) is 19.3. The van der Waals surface area contributed by atoms with Crippen LogP contribution < -0.4 is 11.1 Å². The zero-order chi connectivity index (χ0) is 10.7. The van der Waals surface area contributed by atoms with E-state index < -0.39 is 6.10 Å². The largest absolute Gasteiger partial charge is 0.394 e. The Hall–Kier alpha value is -0.650. The number of aliphatic hydroxyl groups is 2. The molecule has 5 N–H and O–H groups in total. The van der Waals surface area contributed by atoms with Crippen LogP contribution in [0, 0.1) is 0 Å². The van der Waals surface area contributed by atoms with Gasteiger partial charge in [-0.05, 0) is 0 Å². The molecule has 0 aromatic heterocycles. The summed E-state index contributed by atoms with van der Waals surface area (Å²) in [6, 6.07) is 0. The molecule has 5 heteroatoms. The SMILES string of the molecule is CCC.NCC(=O)NCC(O)CO. The molecule has 0 aliphatic rings. The van der Waals surface area contributed by atoms with Crippen molar-refractivity contribution in [2.75, 3.05) is 19.7 Å². The molecule has 0 aliphatic heterocycles. The summed E-state index contributed by atoms with van der Waals surface area (Å²) in [5.74, 6) is -0.340. The van der Waals surface area contributed by atoms with E-state index in [-0.39, 0.29) is 25.6 Å². The molecule has 13 heavy (non-hydrogen) atoms. The fourth-order valence-corrected chi connectivity index (χ4v) is 0.368. The second-order valence-corrected chi connectivity index (χ2v) is 2.55. The molecule has 0 saturated heterocycles. The van der Waals surface area contributed by atoms with E-state index in [0.717, 1.165) is 0 Å². The van der Waals surface area contributed by atoms with Gasteiger partial charge < -0.3 is 21.3 Å². The summed E-state index contributed by atoms with van der Waals surface area (Å²) >= 11 is 0. The molecule has 0 rings (SSSR count). The van der Waals surface area contributed by atoms with Crippen molar-refractivity contribution in [3.05, 3.63) is 0 Å². The lowest BCUT2D eigenvalue weighted by Gasteiger charge is -2.06. The standard InChI is InChI=1S/C5H12N2O3.C3H8/c6-1-5(10)7-2-4(9)3-8;1-3-2/h4,8-9H,1-3,6H2,(H,7,10);3H2,1-2H3. The van der Waals surface area contributed by atoms with Crippen molar-refractivity contribution in [2.24, 2.45) is 5.73 Å². The van der Waals surface area contributed by atoms with Crippen molar-refractivity contribution in [1.29, 1.82) is 0 Å². The Morgan fingerprint density at radius 3 is 2.31 bits per heavy atom. The first-order valence-corrected chi connectivity index (χ1v) is 4.37. The Morgan fingerprint density at radius 2 is 2.00 bits per heavy atom. The van der Waals surface area contributed by atoms with Crippen LogP contribution in [0.15, 0.2) is 0 Å². The average molecular weight is 192 g/mol. The summed E-state index contributed by atoms with van der Waals surface area (Å²) in [5.41, 5.74) is 4.94. The molecule has 5 nitrogen and oxygen atoms in total. The van der Waals surface area contributed by atoms with E-state index in [1.54, 1.807) is 0 Å². The van der Waals surface area contributed by atoms with Gasteiger partial charge in [0.25, 0.3) is 0 Å². The van der Waals surface area contributed by atoms with E-state index in [4.69, 9.17) is 15.9 Å². The molecule has 0 bridgehead atoms. The lowest BCUT2D eigenvalue weighted by Crippen LogP contribution is -2.37. The fourth-order valence-electron chi connectivity index (χ4n) is 0.368. The minimum absolute atomic E-state index is 0.0481. The predicted molar refractivity (Wildman–Crippen MR) is 51.1 cm³/mol. The van der Waals surface area contributed by atoms with Gasteiger partial charge in [-0.1, -0.05) is 20.3 Å². The summed E-state index contributed by atoms with van der Waals surface area (Å²) < 4.78 is 0. The lowest BCUT2D eigenvalue weighted by molar-refractivity contribution is -0.120. The number of nitrogens with one attached hydrogen (secondary N) is 1. The number of hydrogen-bond acceptors (Lipinski definition) is 4. The maximum Gasteiger partial charge on any atom is 0.233 e. The summed E-state index contributed by atoms with van der Waals surface area (Å²) in [4.78, 5) is 10.4. The maximum atomic E-state index is 10.4. The Morgan fingerprint density at radius 1 is 1.54 bits per heavy atom. The first-order chi connectivity index (χ1) is 6.12. The van der Waals surface area contributed by atoms with Crippen molar-refractivity contribution in [3.63, 3.8) is 0 Å². The van der Waals surface area contributed by atoms with Crippen LogP contribution in [-0.4, -0.2) is 41.9 Å². The van der Waals surface area contributed by atoms with Gasteiger partial charge in [-0.3, -0.25) is 4.79 Å². The minimum atomic E-state index is -0.893. The van der Waals surface area contributed by atoms with Crippen molar-refractivity contribution < 1.29 is 15.0 Å².